The van der Waals surface area contributed by atoms with Crippen molar-refractivity contribution in [2.75, 3.05) is 0 Å². The second kappa shape index (κ2) is 5.27. The monoisotopic (exact) mass is 366 g/mol. The fourth-order valence-corrected chi connectivity index (χ4v) is 3.85. The van der Waals surface area contributed by atoms with Crippen molar-refractivity contribution in [2.24, 2.45) is 4.99 Å². The van der Waals surface area contributed by atoms with E-state index >= 15 is 0 Å². The summed E-state index contributed by atoms with van der Waals surface area (Å²) in [4.78, 5) is 5.14. The van der Waals surface area contributed by atoms with Crippen LogP contribution >= 0.6 is 39.5 Å². The Balaban J connectivity index is 2.11. The summed E-state index contributed by atoms with van der Waals surface area (Å²) in [5, 5.41) is 10.2. The SMILES string of the molecule is CCn1c(O)c(C=C2C=Nc3ccc(Br)cc32)sc1=S. The number of fused-ring (bicyclic) bond motifs is 1. The van der Waals surface area contributed by atoms with Crippen molar-refractivity contribution >= 4 is 63.0 Å². The van der Waals surface area contributed by atoms with Gasteiger partial charge in [0.05, 0.1) is 10.6 Å². The predicted octanol–water partition coefficient (Wildman–Crippen LogP) is 5.02. The molecule has 102 valence electrons. The molecule has 1 N–H and O–H groups in total. The Hall–Kier alpha value is -1.24. The maximum absolute atomic E-state index is 10.2. The van der Waals surface area contributed by atoms with Crippen LogP contribution in [0.2, 0.25) is 0 Å². The molecular weight excluding hydrogens is 356 g/mol. The van der Waals surface area contributed by atoms with Gasteiger partial charge in [-0.15, -0.1) is 11.3 Å². The summed E-state index contributed by atoms with van der Waals surface area (Å²) >= 11 is 10.1. The normalized spacial score (nSPS) is 15.0. The van der Waals surface area contributed by atoms with Crippen LogP contribution < -0.4 is 0 Å². The van der Waals surface area contributed by atoms with E-state index in [-0.39, 0.29) is 5.88 Å². The molecule has 0 amide bonds. The first kappa shape index (κ1) is 13.7. The maximum atomic E-state index is 10.2. The minimum Gasteiger partial charge on any atom is -0.493 e. The predicted molar refractivity (Wildman–Crippen MR) is 90.6 cm³/mol. The van der Waals surface area contributed by atoms with E-state index in [2.05, 4.69) is 20.9 Å². The molecule has 0 unspecified atom stereocenters. The zero-order valence-corrected chi connectivity index (χ0v) is 13.8. The average molecular weight is 367 g/mol. The Morgan fingerprint density at radius 1 is 1.50 bits per heavy atom. The molecule has 20 heavy (non-hydrogen) atoms. The number of rotatable bonds is 2. The van der Waals surface area contributed by atoms with Crippen molar-refractivity contribution in [1.82, 2.24) is 4.57 Å². The van der Waals surface area contributed by atoms with Crippen LogP contribution in [0.1, 0.15) is 17.4 Å². The molecule has 0 spiro atoms. The van der Waals surface area contributed by atoms with E-state index in [1.165, 1.54) is 11.3 Å². The number of thiazole rings is 1. The van der Waals surface area contributed by atoms with Crippen LogP contribution in [-0.4, -0.2) is 15.9 Å². The van der Waals surface area contributed by atoms with E-state index in [1.54, 1.807) is 4.57 Å². The summed E-state index contributed by atoms with van der Waals surface area (Å²) in [6.45, 7) is 2.63. The number of allylic oxidation sites excluding steroid dienone is 1. The summed E-state index contributed by atoms with van der Waals surface area (Å²) < 4.78 is 3.41. The Labute approximate surface area is 134 Å². The van der Waals surface area contributed by atoms with Crippen LogP contribution in [-0.2, 0) is 6.54 Å². The molecule has 1 aliphatic heterocycles. The molecule has 1 aromatic carbocycles. The Morgan fingerprint density at radius 2 is 2.30 bits per heavy atom. The number of nitrogens with zero attached hydrogens (tertiary/aromatic N) is 2. The number of aliphatic imine (C=N–C) groups is 1. The van der Waals surface area contributed by atoms with Gasteiger partial charge in [-0.05, 0) is 43.4 Å². The summed E-state index contributed by atoms with van der Waals surface area (Å²) in [7, 11) is 0. The van der Waals surface area contributed by atoms with Crippen molar-refractivity contribution in [3.8, 4) is 5.88 Å². The van der Waals surface area contributed by atoms with Gasteiger partial charge in [-0.1, -0.05) is 15.9 Å². The van der Waals surface area contributed by atoms with Crippen LogP contribution in [0.15, 0.2) is 27.7 Å². The molecule has 1 aliphatic rings. The number of hydrogen-bond acceptors (Lipinski definition) is 4. The molecule has 2 heterocycles. The smallest absolute Gasteiger partial charge is 0.210 e. The van der Waals surface area contributed by atoms with Gasteiger partial charge >= 0.3 is 0 Å². The molecular formula is C14H11BrN2OS2. The van der Waals surface area contributed by atoms with Crippen LogP contribution in [0.5, 0.6) is 5.88 Å². The lowest BCUT2D eigenvalue weighted by atomic mass is 10.1. The lowest BCUT2D eigenvalue weighted by Crippen LogP contribution is -1.91. The first-order valence-corrected chi connectivity index (χ1v) is 8.10. The molecule has 0 radical (unpaired) electrons. The van der Waals surface area contributed by atoms with E-state index < -0.39 is 0 Å². The molecule has 3 nitrogen and oxygen atoms in total. The van der Waals surface area contributed by atoms with E-state index in [9.17, 15) is 5.11 Å². The van der Waals surface area contributed by atoms with Gasteiger partial charge < -0.3 is 5.11 Å². The summed E-state index contributed by atoms with van der Waals surface area (Å²) in [5.74, 6) is 0.229. The minimum atomic E-state index is 0.229. The molecule has 6 heteroatoms. The van der Waals surface area contributed by atoms with E-state index in [1.807, 2.05) is 37.4 Å². The van der Waals surface area contributed by atoms with Gasteiger partial charge in [0.25, 0.3) is 0 Å². The second-order valence-electron chi connectivity index (χ2n) is 4.32. The molecule has 2 aromatic rings. The number of halogens is 1. The lowest BCUT2D eigenvalue weighted by Gasteiger charge is -2.01. The third-order valence-electron chi connectivity index (χ3n) is 3.11. The molecule has 0 atom stereocenters. The van der Waals surface area contributed by atoms with Gasteiger partial charge in [0.15, 0.2) is 3.95 Å². The Kier molecular flexibility index (Phi) is 3.62. The fraction of sp³-hybridized carbons (Fsp3) is 0.143. The van der Waals surface area contributed by atoms with Crippen LogP contribution in [0.4, 0.5) is 5.69 Å². The molecule has 0 fully saturated rings. The van der Waals surface area contributed by atoms with Crippen molar-refractivity contribution in [3.63, 3.8) is 0 Å². The quantitative estimate of drug-likeness (QED) is 0.757. The maximum Gasteiger partial charge on any atom is 0.210 e. The topological polar surface area (TPSA) is 37.5 Å². The first-order valence-electron chi connectivity index (χ1n) is 6.08. The highest BCUT2D eigenvalue weighted by Gasteiger charge is 2.15. The fourth-order valence-electron chi connectivity index (χ4n) is 2.10. The number of hydrogen-bond donors (Lipinski definition) is 1. The van der Waals surface area contributed by atoms with Gasteiger partial charge in [-0.2, -0.15) is 0 Å². The molecule has 0 bridgehead atoms. The minimum absolute atomic E-state index is 0.229. The zero-order valence-electron chi connectivity index (χ0n) is 10.6. The first-order chi connectivity index (χ1) is 9.60. The van der Waals surface area contributed by atoms with Crippen molar-refractivity contribution in [2.45, 2.75) is 13.5 Å². The van der Waals surface area contributed by atoms with Gasteiger partial charge in [0.2, 0.25) is 5.88 Å². The average Bonchev–Trinajstić information content (AvgIpc) is 2.92. The van der Waals surface area contributed by atoms with Gasteiger partial charge in [-0.25, -0.2) is 0 Å². The molecule has 0 saturated carbocycles. The summed E-state index contributed by atoms with van der Waals surface area (Å²) in [6, 6.07) is 5.96. The van der Waals surface area contributed by atoms with Crippen LogP contribution in [0.25, 0.3) is 11.6 Å². The third kappa shape index (κ3) is 2.28. The second-order valence-corrected chi connectivity index (χ2v) is 6.91. The van der Waals surface area contributed by atoms with E-state index in [4.69, 9.17) is 12.2 Å². The van der Waals surface area contributed by atoms with Crippen LogP contribution in [0, 0.1) is 3.95 Å². The van der Waals surface area contributed by atoms with E-state index in [0.717, 1.165) is 26.2 Å². The Bertz CT molecular complexity index is 802. The molecule has 1 aromatic heterocycles. The molecule has 0 saturated heterocycles. The molecule has 0 aliphatic carbocycles. The third-order valence-corrected chi connectivity index (χ3v) is 4.99. The standard InChI is InChI=1S/C14H11BrN2OS2/c1-2-17-13(18)12(20-14(17)19)5-8-7-16-11-4-3-9(15)6-10(8)11/h3-7,18H,2H2,1H3. The highest BCUT2D eigenvalue weighted by molar-refractivity contribution is 9.10. The number of benzene rings is 1. The van der Waals surface area contributed by atoms with E-state index in [0.29, 0.717) is 10.5 Å². The lowest BCUT2D eigenvalue weighted by molar-refractivity contribution is 0.419. The highest BCUT2D eigenvalue weighted by atomic mass is 79.9. The zero-order chi connectivity index (χ0) is 14.3. The number of aromatic hydroxyl groups is 1. The van der Waals surface area contributed by atoms with Crippen molar-refractivity contribution < 1.29 is 5.11 Å². The van der Waals surface area contributed by atoms with Crippen molar-refractivity contribution in [1.29, 1.82) is 0 Å². The highest BCUT2D eigenvalue weighted by Crippen LogP contribution is 2.37. The molecule has 3 rings (SSSR count). The summed E-state index contributed by atoms with van der Waals surface area (Å²) in [5.41, 5.74) is 2.98. The number of aromatic nitrogens is 1. The van der Waals surface area contributed by atoms with Gasteiger partial charge in [-0.3, -0.25) is 9.56 Å². The van der Waals surface area contributed by atoms with Gasteiger partial charge in [0, 0.05) is 28.4 Å². The van der Waals surface area contributed by atoms with Crippen molar-refractivity contribution in [3.05, 3.63) is 37.1 Å². The summed E-state index contributed by atoms with van der Waals surface area (Å²) in [6.07, 6.45) is 3.75. The largest absolute Gasteiger partial charge is 0.493 e. The van der Waals surface area contributed by atoms with Crippen LogP contribution in [0.3, 0.4) is 0 Å². The van der Waals surface area contributed by atoms with Gasteiger partial charge in [0.1, 0.15) is 0 Å². The Morgan fingerprint density at radius 3 is 3.00 bits per heavy atom.